The number of carbonyl (C=O) groups is 1. The largest absolute Gasteiger partial charge is 0.321 e. The van der Waals surface area contributed by atoms with Crippen LogP contribution < -0.4 is 5.73 Å². The predicted molar refractivity (Wildman–Crippen MR) is 83.6 cm³/mol. The molecular weight excluding hydrogens is 246 g/mol. The van der Waals surface area contributed by atoms with E-state index < -0.39 is 0 Å². The molecule has 0 heterocycles. The van der Waals surface area contributed by atoms with E-state index in [9.17, 15) is 4.79 Å². The van der Waals surface area contributed by atoms with Crippen molar-refractivity contribution in [2.24, 2.45) is 11.7 Å². The minimum absolute atomic E-state index is 0.201. The molecule has 0 aromatic heterocycles. The van der Waals surface area contributed by atoms with E-state index in [-0.39, 0.29) is 17.7 Å². The van der Waals surface area contributed by atoms with Crippen molar-refractivity contribution in [1.29, 1.82) is 0 Å². The Hall–Kier alpha value is -1.15. The summed E-state index contributed by atoms with van der Waals surface area (Å²) < 4.78 is 0. The lowest BCUT2D eigenvalue weighted by Gasteiger charge is -2.19. The Balaban J connectivity index is 1.90. The number of nitrogens with two attached hydrogens (primary N) is 1. The summed E-state index contributed by atoms with van der Waals surface area (Å²) in [6.07, 6.45) is 10.4. The molecule has 20 heavy (non-hydrogen) atoms. The first-order valence-corrected chi connectivity index (χ1v) is 8.10. The van der Waals surface area contributed by atoms with E-state index in [0.717, 1.165) is 18.4 Å². The van der Waals surface area contributed by atoms with E-state index >= 15 is 0 Å². The van der Waals surface area contributed by atoms with Gasteiger partial charge >= 0.3 is 0 Å². The highest BCUT2D eigenvalue weighted by Gasteiger charge is 2.24. The van der Waals surface area contributed by atoms with Crippen LogP contribution in [0.1, 0.15) is 56.9 Å². The second-order valence-electron chi connectivity index (χ2n) is 6.09. The highest BCUT2D eigenvalue weighted by atomic mass is 16.1. The highest BCUT2D eigenvalue weighted by molar-refractivity contribution is 5.86. The monoisotopic (exact) mass is 273 g/mol. The molecular formula is C18H27NO. The average molecular weight is 273 g/mol. The molecule has 1 saturated carbocycles. The van der Waals surface area contributed by atoms with E-state index in [4.69, 9.17) is 5.73 Å². The van der Waals surface area contributed by atoms with Crippen LogP contribution in [0.15, 0.2) is 30.3 Å². The number of Topliss-reactive ketones (excluding diaryl/α,β-unsaturated/α-hetero) is 1. The zero-order valence-corrected chi connectivity index (χ0v) is 12.4. The summed E-state index contributed by atoms with van der Waals surface area (Å²) in [5.74, 6) is 0.488. The average Bonchev–Trinajstić information content (AvgIpc) is 2.61. The van der Waals surface area contributed by atoms with Crippen LogP contribution in [-0.4, -0.2) is 11.8 Å². The van der Waals surface area contributed by atoms with Gasteiger partial charge in [-0.05, 0) is 24.8 Å². The molecule has 1 aromatic rings. The van der Waals surface area contributed by atoms with Crippen LogP contribution >= 0.6 is 0 Å². The van der Waals surface area contributed by atoms with E-state index in [0.29, 0.717) is 6.42 Å². The van der Waals surface area contributed by atoms with E-state index in [2.05, 4.69) is 12.1 Å². The smallest absolute Gasteiger partial charge is 0.152 e. The number of hydrogen-bond donors (Lipinski definition) is 1. The molecule has 1 aromatic carbocycles. The van der Waals surface area contributed by atoms with Gasteiger partial charge in [-0.3, -0.25) is 4.79 Å². The van der Waals surface area contributed by atoms with Gasteiger partial charge in [0, 0.05) is 5.92 Å². The van der Waals surface area contributed by atoms with Crippen molar-refractivity contribution < 1.29 is 4.79 Å². The van der Waals surface area contributed by atoms with Gasteiger partial charge in [0.25, 0.3) is 0 Å². The summed E-state index contributed by atoms with van der Waals surface area (Å²) in [5.41, 5.74) is 7.32. The number of benzene rings is 1. The molecule has 0 aliphatic heterocycles. The highest BCUT2D eigenvalue weighted by Crippen LogP contribution is 2.23. The second kappa shape index (κ2) is 8.21. The number of rotatable bonds is 4. The third-order valence-corrected chi connectivity index (χ3v) is 4.42. The van der Waals surface area contributed by atoms with E-state index in [1.165, 1.54) is 38.5 Å². The Bertz CT molecular complexity index is 391. The molecule has 0 amide bonds. The number of ketones is 1. The summed E-state index contributed by atoms with van der Waals surface area (Å²) in [6, 6.07) is 9.78. The van der Waals surface area contributed by atoms with Crippen LogP contribution in [0.3, 0.4) is 0 Å². The first-order chi connectivity index (χ1) is 9.77. The third-order valence-electron chi connectivity index (χ3n) is 4.42. The zero-order valence-electron chi connectivity index (χ0n) is 12.4. The van der Waals surface area contributed by atoms with Gasteiger partial charge in [0.1, 0.15) is 0 Å². The molecule has 0 unspecified atom stereocenters. The number of hydrogen-bond acceptors (Lipinski definition) is 2. The van der Waals surface area contributed by atoms with Crippen molar-refractivity contribution in [3.8, 4) is 0 Å². The predicted octanol–water partition coefficient (Wildman–Crippen LogP) is 3.88. The number of carbonyl (C=O) groups excluding carboxylic acids is 1. The third kappa shape index (κ3) is 4.75. The van der Waals surface area contributed by atoms with Crippen molar-refractivity contribution in [3.05, 3.63) is 35.9 Å². The first-order valence-electron chi connectivity index (χ1n) is 8.10. The molecule has 0 bridgehead atoms. The van der Waals surface area contributed by atoms with E-state index in [1.54, 1.807) is 0 Å². The fourth-order valence-corrected chi connectivity index (χ4v) is 3.19. The Labute approximate surface area is 122 Å². The molecule has 0 radical (unpaired) electrons. The van der Waals surface area contributed by atoms with Gasteiger partial charge in [-0.25, -0.2) is 0 Å². The fraction of sp³-hybridized carbons (Fsp3) is 0.611. The summed E-state index contributed by atoms with van der Waals surface area (Å²) in [6.45, 7) is 0. The lowest BCUT2D eigenvalue weighted by atomic mass is 9.87. The first kappa shape index (κ1) is 15.2. The van der Waals surface area contributed by atoms with Gasteiger partial charge in [-0.1, -0.05) is 68.9 Å². The van der Waals surface area contributed by atoms with Gasteiger partial charge in [-0.15, -0.1) is 0 Å². The van der Waals surface area contributed by atoms with Crippen LogP contribution in [-0.2, 0) is 11.2 Å². The van der Waals surface area contributed by atoms with Gasteiger partial charge in [0.15, 0.2) is 5.78 Å². The van der Waals surface area contributed by atoms with Crippen molar-refractivity contribution >= 4 is 5.78 Å². The molecule has 2 N–H and O–H groups in total. The lowest BCUT2D eigenvalue weighted by molar-refractivity contribution is -0.124. The topological polar surface area (TPSA) is 43.1 Å². The maximum atomic E-state index is 12.6. The minimum Gasteiger partial charge on any atom is -0.321 e. The molecule has 1 aliphatic carbocycles. The lowest BCUT2D eigenvalue weighted by Crippen LogP contribution is -2.37. The van der Waals surface area contributed by atoms with E-state index in [1.807, 2.05) is 18.2 Å². The Kier molecular flexibility index (Phi) is 6.25. The maximum absolute atomic E-state index is 12.6. The molecule has 0 saturated heterocycles. The standard InChI is InChI=1S/C18H27NO/c19-17(14-15-10-6-5-7-11-15)18(20)16-12-8-3-1-2-4-9-13-16/h5-7,10-11,16-17H,1-4,8-9,12-14,19H2/t17-/m0/s1. The summed E-state index contributed by atoms with van der Waals surface area (Å²) in [5, 5.41) is 0. The summed E-state index contributed by atoms with van der Waals surface area (Å²) in [7, 11) is 0. The SMILES string of the molecule is N[C@@H](Cc1ccccc1)C(=O)C1CCCCCCCC1. The molecule has 1 fully saturated rings. The fourth-order valence-electron chi connectivity index (χ4n) is 3.19. The van der Waals surface area contributed by atoms with Crippen LogP contribution in [0.25, 0.3) is 0 Å². The summed E-state index contributed by atoms with van der Waals surface area (Å²) >= 11 is 0. The molecule has 2 heteroatoms. The van der Waals surface area contributed by atoms with Crippen LogP contribution in [0.5, 0.6) is 0 Å². The van der Waals surface area contributed by atoms with Crippen LogP contribution in [0.2, 0.25) is 0 Å². The maximum Gasteiger partial charge on any atom is 0.152 e. The molecule has 2 rings (SSSR count). The van der Waals surface area contributed by atoms with Gasteiger partial charge in [0.05, 0.1) is 6.04 Å². The second-order valence-corrected chi connectivity index (χ2v) is 6.09. The van der Waals surface area contributed by atoms with Gasteiger partial charge in [-0.2, -0.15) is 0 Å². The summed E-state index contributed by atoms with van der Waals surface area (Å²) in [4.78, 5) is 12.6. The van der Waals surface area contributed by atoms with Gasteiger partial charge < -0.3 is 5.73 Å². The molecule has 1 atom stereocenters. The van der Waals surface area contributed by atoms with Gasteiger partial charge in [0.2, 0.25) is 0 Å². The van der Waals surface area contributed by atoms with Crippen LogP contribution in [0.4, 0.5) is 0 Å². The Morgan fingerprint density at radius 3 is 2.15 bits per heavy atom. The zero-order chi connectivity index (χ0) is 14.2. The van der Waals surface area contributed by atoms with Crippen molar-refractivity contribution in [2.45, 2.75) is 63.8 Å². The van der Waals surface area contributed by atoms with Crippen molar-refractivity contribution in [2.75, 3.05) is 0 Å². The molecule has 2 nitrogen and oxygen atoms in total. The molecule has 1 aliphatic rings. The molecule has 110 valence electrons. The Morgan fingerprint density at radius 1 is 1.00 bits per heavy atom. The normalized spacial score (nSPS) is 19.6. The minimum atomic E-state index is -0.330. The Morgan fingerprint density at radius 2 is 1.55 bits per heavy atom. The quantitative estimate of drug-likeness (QED) is 0.904. The van der Waals surface area contributed by atoms with Crippen molar-refractivity contribution in [1.82, 2.24) is 0 Å². The van der Waals surface area contributed by atoms with Crippen LogP contribution in [0, 0.1) is 5.92 Å². The molecule has 0 spiro atoms. The van der Waals surface area contributed by atoms with Crippen molar-refractivity contribution in [3.63, 3.8) is 0 Å².